The van der Waals surface area contributed by atoms with Crippen LogP contribution in [0.5, 0.6) is 0 Å². The monoisotopic (exact) mass is 387 g/mol. The molecule has 4 nitrogen and oxygen atoms in total. The summed E-state index contributed by atoms with van der Waals surface area (Å²) in [6, 6.07) is 6.38. The van der Waals surface area contributed by atoms with Crippen molar-refractivity contribution in [3.05, 3.63) is 47.4 Å². The number of imidazole rings is 1. The zero-order valence-corrected chi connectivity index (χ0v) is 17.1. The summed E-state index contributed by atoms with van der Waals surface area (Å²) in [5, 5.41) is 2.10. The van der Waals surface area contributed by atoms with E-state index < -0.39 is 0 Å². The van der Waals surface area contributed by atoms with Crippen LogP contribution in [0.2, 0.25) is 0 Å². The third-order valence-corrected chi connectivity index (χ3v) is 5.37. The van der Waals surface area contributed by atoms with Crippen LogP contribution in [0.4, 0.5) is 4.39 Å². The van der Waals surface area contributed by atoms with Crippen molar-refractivity contribution in [1.29, 1.82) is 0 Å². The highest BCUT2D eigenvalue weighted by Gasteiger charge is 2.26. The molecule has 1 aromatic carbocycles. The molecule has 0 saturated carbocycles. The Bertz CT molecular complexity index is 921. The molecule has 0 aliphatic rings. The SMILES string of the molecule is CCCN(CCc1csc2nc(-c3ccc(F)cc3)cn12)C(=O)C(C)(C)C. The van der Waals surface area contributed by atoms with Gasteiger partial charge in [-0.05, 0) is 30.7 Å². The molecule has 0 fully saturated rings. The Labute approximate surface area is 163 Å². The van der Waals surface area contributed by atoms with E-state index in [-0.39, 0.29) is 17.1 Å². The maximum absolute atomic E-state index is 13.1. The fraction of sp³-hybridized carbons (Fsp3) is 0.429. The predicted molar refractivity (Wildman–Crippen MR) is 108 cm³/mol. The molecular weight excluding hydrogens is 361 g/mol. The molecule has 27 heavy (non-hydrogen) atoms. The van der Waals surface area contributed by atoms with Gasteiger partial charge in [0.05, 0.1) is 5.69 Å². The zero-order valence-electron chi connectivity index (χ0n) is 16.3. The first kappa shape index (κ1) is 19.5. The maximum atomic E-state index is 13.1. The Kier molecular flexibility index (Phi) is 5.65. The fourth-order valence-corrected chi connectivity index (χ4v) is 3.98. The number of carbonyl (C=O) groups excluding carboxylic acids is 1. The van der Waals surface area contributed by atoms with Crippen molar-refractivity contribution in [3.8, 4) is 11.3 Å². The van der Waals surface area contributed by atoms with Gasteiger partial charge < -0.3 is 4.90 Å². The van der Waals surface area contributed by atoms with Crippen molar-refractivity contribution in [1.82, 2.24) is 14.3 Å². The fourth-order valence-electron chi connectivity index (χ4n) is 3.08. The number of hydrogen-bond acceptors (Lipinski definition) is 3. The standard InChI is InChI=1S/C21H26FN3OS/c1-5-11-24(19(26)21(2,3)4)12-10-17-14-27-20-23-18(13-25(17)20)15-6-8-16(22)9-7-15/h6-9,13-14H,5,10-12H2,1-4H3. The number of thiazole rings is 1. The number of hydrogen-bond donors (Lipinski definition) is 0. The van der Waals surface area contributed by atoms with Crippen LogP contribution in [0.15, 0.2) is 35.8 Å². The van der Waals surface area contributed by atoms with Crippen LogP contribution in [0.3, 0.4) is 0 Å². The molecular formula is C21H26FN3OS. The highest BCUT2D eigenvalue weighted by Crippen LogP contribution is 2.25. The van der Waals surface area contributed by atoms with Gasteiger partial charge in [-0.2, -0.15) is 0 Å². The number of nitrogens with zero attached hydrogens (tertiary/aromatic N) is 3. The molecule has 3 aromatic rings. The van der Waals surface area contributed by atoms with Crippen LogP contribution >= 0.6 is 11.3 Å². The van der Waals surface area contributed by atoms with Crippen LogP contribution in [0, 0.1) is 11.2 Å². The molecule has 2 heterocycles. The number of aromatic nitrogens is 2. The van der Waals surface area contributed by atoms with Gasteiger partial charge in [0.25, 0.3) is 0 Å². The zero-order chi connectivity index (χ0) is 19.6. The average molecular weight is 388 g/mol. The molecule has 0 spiro atoms. The lowest BCUT2D eigenvalue weighted by atomic mass is 9.94. The van der Waals surface area contributed by atoms with E-state index >= 15 is 0 Å². The molecule has 144 valence electrons. The van der Waals surface area contributed by atoms with Gasteiger partial charge in [-0.25, -0.2) is 9.37 Å². The summed E-state index contributed by atoms with van der Waals surface area (Å²) >= 11 is 1.59. The van der Waals surface area contributed by atoms with Gasteiger partial charge in [0.1, 0.15) is 5.82 Å². The number of benzene rings is 1. The second-order valence-electron chi connectivity index (χ2n) is 7.80. The highest BCUT2D eigenvalue weighted by molar-refractivity contribution is 7.15. The summed E-state index contributed by atoms with van der Waals surface area (Å²) in [6.07, 6.45) is 3.71. The quantitative estimate of drug-likeness (QED) is 0.595. The third kappa shape index (κ3) is 4.38. The second kappa shape index (κ2) is 7.80. The second-order valence-corrected chi connectivity index (χ2v) is 8.64. The van der Waals surface area contributed by atoms with E-state index in [1.54, 1.807) is 23.5 Å². The lowest BCUT2D eigenvalue weighted by molar-refractivity contribution is -0.139. The van der Waals surface area contributed by atoms with Crippen molar-refractivity contribution in [2.24, 2.45) is 5.41 Å². The highest BCUT2D eigenvalue weighted by atomic mass is 32.1. The van der Waals surface area contributed by atoms with E-state index in [1.807, 2.05) is 31.9 Å². The van der Waals surface area contributed by atoms with Gasteiger partial charge in [-0.3, -0.25) is 9.20 Å². The predicted octanol–water partition coefficient (Wildman–Crippen LogP) is 5.03. The van der Waals surface area contributed by atoms with Gasteiger partial charge in [0.2, 0.25) is 5.91 Å². The molecule has 1 amide bonds. The summed E-state index contributed by atoms with van der Waals surface area (Å²) in [5.41, 5.74) is 2.50. The Hall–Kier alpha value is -2.21. The van der Waals surface area contributed by atoms with Crippen LogP contribution < -0.4 is 0 Å². The molecule has 0 bridgehead atoms. The van der Waals surface area contributed by atoms with Gasteiger partial charge in [-0.15, -0.1) is 11.3 Å². The molecule has 0 radical (unpaired) electrons. The van der Waals surface area contributed by atoms with E-state index in [4.69, 9.17) is 0 Å². The minimum atomic E-state index is -0.371. The lowest BCUT2D eigenvalue weighted by Crippen LogP contribution is -2.41. The number of halogens is 1. The molecule has 3 rings (SSSR count). The Morgan fingerprint density at radius 1 is 1.22 bits per heavy atom. The largest absolute Gasteiger partial charge is 0.342 e. The van der Waals surface area contributed by atoms with E-state index in [9.17, 15) is 9.18 Å². The molecule has 6 heteroatoms. The Balaban J connectivity index is 1.78. The van der Waals surface area contributed by atoms with Gasteiger partial charge in [0, 0.05) is 47.8 Å². The summed E-state index contributed by atoms with van der Waals surface area (Å²) in [6.45, 7) is 9.45. The van der Waals surface area contributed by atoms with E-state index in [2.05, 4.69) is 21.7 Å². The normalized spacial score (nSPS) is 11.9. The van der Waals surface area contributed by atoms with Gasteiger partial charge in [0.15, 0.2) is 4.96 Å². The smallest absolute Gasteiger partial charge is 0.227 e. The van der Waals surface area contributed by atoms with Crippen LogP contribution in [-0.4, -0.2) is 33.3 Å². The summed E-state index contributed by atoms with van der Waals surface area (Å²) in [7, 11) is 0. The Morgan fingerprint density at radius 2 is 1.93 bits per heavy atom. The summed E-state index contributed by atoms with van der Waals surface area (Å²) in [5.74, 6) is -0.0616. The minimum Gasteiger partial charge on any atom is -0.342 e. The number of carbonyl (C=O) groups is 1. The van der Waals surface area contributed by atoms with Crippen LogP contribution in [0.1, 0.15) is 39.8 Å². The first-order valence-corrected chi connectivity index (χ1v) is 10.2. The molecule has 2 aromatic heterocycles. The summed E-state index contributed by atoms with van der Waals surface area (Å²) in [4.78, 5) is 20.2. The molecule has 0 aliphatic heterocycles. The Morgan fingerprint density at radius 3 is 2.56 bits per heavy atom. The third-order valence-electron chi connectivity index (χ3n) is 4.48. The molecule has 0 saturated heterocycles. The average Bonchev–Trinajstić information content (AvgIpc) is 3.19. The van der Waals surface area contributed by atoms with Crippen LogP contribution in [0.25, 0.3) is 16.2 Å². The van der Waals surface area contributed by atoms with Crippen molar-refractivity contribution < 1.29 is 9.18 Å². The van der Waals surface area contributed by atoms with Gasteiger partial charge >= 0.3 is 0 Å². The first-order chi connectivity index (χ1) is 12.8. The molecule has 0 N–H and O–H groups in total. The number of rotatable bonds is 6. The number of amides is 1. The van der Waals surface area contributed by atoms with Crippen molar-refractivity contribution in [3.63, 3.8) is 0 Å². The lowest BCUT2D eigenvalue weighted by Gasteiger charge is -2.29. The molecule has 0 atom stereocenters. The van der Waals surface area contributed by atoms with Gasteiger partial charge in [-0.1, -0.05) is 27.7 Å². The van der Waals surface area contributed by atoms with E-state index in [0.717, 1.165) is 41.3 Å². The van der Waals surface area contributed by atoms with E-state index in [0.29, 0.717) is 6.54 Å². The van der Waals surface area contributed by atoms with Crippen molar-refractivity contribution in [2.45, 2.75) is 40.5 Å². The summed E-state index contributed by atoms with van der Waals surface area (Å²) < 4.78 is 15.2. The topological polar surface area (TPSA) is 37.6 Å². The maximum Gasteiger partial charge on any atom is 0.227 e. The minimum absolute atomic E-state index is 0.188. The number of fused-ring (bicyclic) bond motifs is 1. The molecule has 0 unspecified atom stereocenters. The first-order valence-electron chi connectivity index (χ1n) is 9.30. The van der Waals surface area contributed by atoms with Crippen molar-refractivity contribution >= 4 is 22.2 Å². The molecule has 0 aliphatic carbocycles. The van der Waals surface area contributed by atoms with Crippen LogP contribution in [-0.2, 0) is 11.2 Å². The van der Waals surface area contributed by atoms with Crippen molar-refractivity contribution in [2.75, 3.05) is 13.1 Å². The van der Waals surface area contributed by atoms with E-state index in [1.165, 1.54) is 12.1 Å².